The van der Waals surface area contributed by atoms with E-state index in [9.17, 15) is 4.79 Å². The number of carbonyl (C=O) groups excluding carboxylic acids is 1. The number of likely N-dealkylation sites (N-methyl/N-ethyl adjacent to an activating group) is 1. The Morgan fingerprint density at radius 1 is 1.32 bits per heavy atom. The number of carbonyl (C=O) groups is 1. The van der Waals surface area contributed by atoms with Gasteiger partial charge < -0.3 is 10.2 Å². The fraction of sp³-hybridized carbons (Fsp3) is 0.800. The molecule has 1 aliphatic rings. The Hall–Kier alpha value is -1.05. The maximum absolute atomic E-state index is 12.3. The summed E-state index contributed by atoms with van der Waals surface area (Å²) in [4.78, 5) is 17.8. The van der Waals surface area contributed by atoms with Crippen LogP contribution in [0.5, 0.6) is 0 Å². The number of aryl methyl sites for hydroxylation is 1. The molecule has 1 aliphatic heterocycles. The third-order valence-corrected chi connectivity index (χ3v) is 5.11. The topological polar surface area (TPSA) is 61.4 Å². The molecule has 0 spiro atoms. The van der Waals surface area contributed by atoms with E-state index in [-0.39, 0.29) is 5.91 Å². The predicted octanol–water partition coefficient (Wildman–Crippen LogP) is 1.10. The van der Waals surface area contributed by atoms with E-state index >= 15 is 0 Å². The minimum Gasteiger partial charge on any atom is -0.350 e. The zero-order chi connectivity index (χ0) is 16.1. The summed E-state index contributed by atoms with van der Waals surface area (Å²) in [5.41, 5.74) is 0.795. The van der Waals surface area contributed by atoms with Crippen LogP contribution >= 0.6 is 11.5 Å². The van der Waals surface area contributed by atoms with Gasteiger partial charge in [0.05, 0.1) is 5.69 Å². The van der Waals surface area contributed by atoms with E-state index < -0.39 is 0 Å². The molecule has 2 heterocycles. The fourth-order valence-corrected chi connectivity index (χ4v) is 3.50. The van der Waals surface area contributed by atoms with E-state index in [2.05, 4.69) is 45.6 Å². The molecule has 1 saturated heterocycles. The Morgan fingerprint density at radius 2 is 2.00 bits per heavy atom. The van der Waals surface area contributed by atoms with Gasteiger partial charge in [0.25, 0.3) is 5.91 Å². The summed E-state index contributed by atoms with van der Waals surface area (Å²) in [5.74, 6) is 0.473. The summed E-state index contributed by atoms with van der Waals surface area (Å²) in [7, 11) is 2.16. The van der Waals surface area contributed by atoms with Crippen molar-refractivity contribution in [2.24, 2.45) is 5.92 Å². The van der Waals surface area contributed by atoms with Crippen LogP contribution in [0.1, 0.15) is 36.1 Å². The molecule has 1 fully saturated rings. The molecule has 0 bridgehead atoms. The molecule has 0 aliphatic carbocycles. The third-order valence-electron chi connectivity index (χ3n) is 4.35. The van der Waals surface area contributed by atoms with Gasteiger partial charge in [-0.05, 0) is 30.9 Å². The molecule has 1 atom stereocenters. The van der Waals surface area contributed by atoms with Crippen LogP contribution in [0.4, 0.5) is 0 Å². The van der Waals surface area contributed by atoms with Crippen molar-refractivity contribution in [2.45, 2.75) is 33.2 Å². The lowest BCUT2D eigenvalue weighted by molar-refractivity contribution is 0.0792. The summed E-state index contributed by atoms with van der Waals surface area (Å²) >= 11 is 1.18. The molecule has 1 aromatic heterocycles. The average Bonchev–Trinajstić information content (AvgIpc) is 2.97. The number of hydrogen-bond acceptors (Lipinski definition) is 6. The van der Waals surface area contributed by atoms with Crippen molar-refractivity contribution >= 4 is 17.4 Å². The summed E-state index contributed by atoms with van der Waals surface area (Å²) in [5, 5.41) is 7.09. The van der Waals surface area contributed by atoms with Crippen LogP contribution in [0.15, 0.2) is 0 Å². The lowest BCUT2D eigenvalue weighted by atomic mass is 10.0. The van der Waals surface area contributed by atoms with Gasteiger partial charge in [-0.15, -0.1) is 5.10 Å². The van der Waals surface area contributed by atoms with Crippen molar-refractivity contribution < 1.29 is 4.79 Å². The number of amides is 1. The number of hydrogen-bond donors (Lipinski definition) is 1. The zero-order valence-corrected chi connectivity index (χ0v) is 14.8. The first-order valence-corrected chi connectivity index (χ1v) is 8.82. The summed E-state index contributed by atoms with van der Waals surface area (Å²) in [6.07, 6.45) is 0.741. The maximum Gasteiger partial charge on any atom is 0.265 e. The molecule has 0 radical (unpaired) electrons. The Morgan fingerprint density at radius 3 is 2.59 bits per heavy atom. The highest BCUT2D eigenvalue weighted by molar-refractivity contribution is 7.08. The van der Waals surface area contributed by atoms with Gasteiger partial charge in [-0.3, -0.25) is 9.69 Å². The Balaban J connectivity index is 1.93. The minimum absolute atomic E-state index is 0.0355. The van der Waals surface area contributed by atoms with Gasteiger partial charge in [-0.2, -0.15) is 0 Å². The second-order valence-corrected chi connectivity index (χ2v) is 7.02. The Labute approximate surface area is 137 Å². The first-order chi connectivity index (χ1) is 10.5. The molecule has 124 valence electrons. The van der Waals surface area contributed by atoms with Gasteiger partial charge in [-0.1, -0.05) is 25.3 Å². The Kier molecular flexibility index (Phi) is 6.28. The van der Waals surface area contributed by atoms with E-state index in [0.717, 1.165) is 38.3 Å². The molecule has 7 heteroatoms. The van der Waals surface area contributed by atoms with Gasteiger partial charge in [-0.25, -0.2) is 0 Å². The number of piperazine rings is 1. The van der Waals surface area contributed by atoms with Gasteiger partial charge in [0.1, 0.15) is 4.88 Å². The molecular formula is C15H27N5OS. The van der Waals surface area contributed by atoms with Crippen molar-refractivity contribution in [1.29, 1.82) is 0 Å². The predicted molar refractivity (Wildman–Crippen MR) is 89.3 cm³/mol. The number of nitrogens with one attached hydrogen (secondary N) is 1. The molecule has 6 nitrogen and oxygen atoms in total. The summed E-state index contributed by atoms with van der Waals surface area (Å²) in [6, 6.07) is 0.378. The highest BCUT2D eigenvalue weighted by atomic mass is 32.1. The number of rotatable bonds is 6. The quantitative estimate of drug-likeness (QED) is 0.849. The standard InChI is InChI=1S/C15H27N5OS/c1-5-12-14(22-18-17-12)15(21)16-10-13(11(2)3)20-8-6-19(4)7-9-20/h11,13H,5-10H2,1-4H3,(H,16,21). The monoisotopic (exact) mass is 325 g/mol. The van der Waals surface area contributed by atoms with Gasteiger partial charge in [0, 0.05) is 38.8 Å². The molecule has 1 N–H and O–H groups in total. The van der Waals surface area contributed by atoms with Crippen LogP contribution in [-0.2, 0) is 6.42 Å². The summed E-state index contributed by atoms with van der Waals surface area (Å²) < 4.78 is 3.89. The Bertz CT molecular complexity index is 482. The van der Waals surface area contributed by atoms with E-state index in [0.29, 0.717) is 23.4 Å². The van der Waals surface area contributed by atoms with Crippen LogP contribution < -0.4 is 5.32 Å². The second-order valence-electron chi connectivity index (χ2n) is 6.26. The van der Waals surface area contributed by atoms with Crippen molar-refractivity contribution in [2.75, 3.05) is 39.8 Å². The molecule has 22 heavy (non-hydrogen) atoms. The minimum atomic E-state index is -0.0355. The average molecular weight is 325 g/mol. The van der Waals surface area contributed by atoms with Crippen molar-refractivity contribution in [1.82, 2.24) is 24.7 Å². The summed E-state index contributed by atoms with van der Waals surface area (Å²) in [6.45, 7) is 11.4. The third kappa shape index (κ3) is 4.24. The molecular weight excluding hydrogens is 298 g/mol. The maximum atomic E-state index is 12.3. The molecule has 1 unspecified atom stereocenters. The fourth-order valence-electron chi connectivity index (χ4n) is 2.83. The molecule has 1 aromatic rings. The number of nitrogens with zero attached hydrogens (tertiary/aromatic N) is 4. The van der Waals surface area contributed by atoms with Crippen LogP contribution in [0.3, 0.4) is 0 Å². The first-order valence-electron chi connectivity index (χ1n) is 8.05. The zero-order valence-electron chi connectivity index (χ0n) is 14.0. The molecule has 0 saturated carbocycles. The smallest absolute Gasteiger partial charge is 0.265 e. The second kappa shape index (κ2) is 7.99. The molecule has 0 aromatic carbocycles. The van der Waals surface area contributed by atoms with E-state index in [1.807, 2.05) is 6.92 Å². The van der Waals surface area contributed by atoms with E-state index in [1.54, 1.807) is 0 Å². The normalized spacial score (nSPS) is 18.6. The van der Waals surface area contributed by atoms with Crippen LogP contribution in [0.25, 0.3) is 0 Å². The van der Waals surface area contributed by atoms with E-state index in [4.69, 9.17) is 0 Å². The van der Waals surface area contributed by atoms with Gasteiger partial charge >= 0.3 is 0 Å². The highest BCUT2D eigenvalue weighted by Crippen LogP contribution is 2.14. The van der Waals surface area contributed by atoms with Crippen molar-refractivity contribution in [3.63, 3.8) is 0 Å². The van der Waals surface area contributed by atoms with Crippen LogP contribution in [-0.4, -0.2) is 71.1 Å². The van der Waals surface area contributed by atoms with Gasteiger partial charge in [0.2, 0.25) is 0 Å². The molecule has 1 amide bonds. The van der Waals surface area contributed by atoms with Crippen molar-refractivity contribution in [3.05, 3.63) is 10.6 Å². The van der Waals surface area contributed by atoms with Crippen LogP contribution in [0, 0.1) is 5.92 Å². The largest absolute Gasteiger partial charge is 0.350 e. The molecule has 2 rings (SSSR count). The van der Waals surface area contributed by atoms with Crippen molar-refractivity contribution in [3.8, 4) is 0 Å². The number of aromatic nitrogens is 2. The van der Waals surface area contributed by atoms with Crippen LogP contribution in [0.2, 0.25) is 0 Å². The van der Waals surface area contributed by atoms with E-state index in [1.165, 1.54) is 11.5 Å². The first kappa shape index (κ1) is 17.3. The SMILES string of the molecule is CCc1nnsc1C(=O)NCC(C(C)C)N1CCN(C)CC1. The lowest BCUT2D eigenvalue weighted by Gasteiger charge is -2.39. The highest BCUT2D eigenvalue weighted by Gasteiger charge is 2.26. The lowest BCUT2D eigenvalue weighted by Crippen LogP contribution is -2.54. The van der Waals surface area contributed by atoms with Gasteiger partial charge in [0.15, 0.2) is 0 Å².